The molecule has 112 valence electrons. The van der Waals surface area contributed by atoms with Crippen LogP contribution in [0.15, 0.2) is 17.8 Å². The number of H-pyrrole nitrogens is 1. The molecule has 2 aromatic rings. The molecule has 1 saturated heterocycles. The van der Waals surface area contributed by atoms with Gasteiger partial charge in [0.25, 0.3) is 5.91 Å². The molecule has 1 aliphatic rings. The Labute approximate surface area is 127 Å². The van der Waals surface area contributed by atoms with Gasteiger partial charge >= 0.3 is 0 Å². The van der Waals surface area contributed by atoms with Gasteiger partial charge in [-0.15, -0.1) is 11.3 Å². The van der Waals surface area contributed by atoms with Gasteiger partial charge in [-0.2, -0.15) is 5.10 Å². The molecule has 0 atom stereocenters. The lowest BCUT2D eigenvalue weighted by Crippen LogP contribution is -2.48. The number of carbonyl (C=O) groups excluding carboxylic acids is 1. The molecule has 7 heteroatoms. The van der Waals surface area contributed by atoms with Crippen molar-refractivity contribution >= 4 is 17.2 Å². The minimum Gasteiger partial charge on any atom is -0.336 e. The summed E-state index contributed by atoms with van der Waals surface area (Å²) in [7, 11) is 0. The summed E-state index contributed by atoms with van der Waals surface area (Å²) in [5.41, 5.74) is 1.78. The van der Waals surface area contributed by atoms with Crippen LogP contribution in [0.2, 0.25) is 0 Å². The van der Waals surface area contributed by atoms with E-state index in [9.17, 15) is 4.79 Å². The first-order valence-corrected chi connectivity index (χ1v) is 8.08. The Morgan fingerprint density at radius 3 is 2.81 bits per heavy atom. The fourth-order valence-corrected chi connectivity index (χ4v) is 3.21. The molecule has 0 aliphatic carbocycles. The predicted octanol–water partition coefficient (Wildman–Crippen LogP) is 1.39. The lowest BCUT2D eigenvalue weighted by atomic mass is 10.2. The second-order valence-electron chi connectivity index (χ2n) is 5.14. The van der Waals surface area contributed by atoms with Crippen molar-refractivity contribution in [2.24, 2.45) is 0 Å². The summed E-state index contributed by atoms with van der Waals surface area (Å²) in [5, 5.41) is 9.85. The van der Waals surface area contributed by atoms with Crippen LogP contribution in [0.4, 0.5) is 0 Å². The van der Waals surface area contributed by atoms with Crippen LogP contribution in [0.5, 0.6) is 0 Å². The summed E-state index contributed by atoms with van der Waals surface area (Å²) < 4.78 is 0. The molecular formula is C14H19N5OS. The van der Waals surface area contributed by atoms with E-state index in [2.05, 4.69) is 32.4 Å². The van der Waals surface area contributed by atoms with E-state index in [0.717, 1.165) is 44.8 Å². The molecule has 3 rings (SSSR count). The van der Waals surface area contributed by atoms with Gasteiger partial charge in [-0.1, -0.05) is 6.92 Å². The third kappa shape index (κ3) is 3.30. The lowest BCUT2D eigenvalue weighted by molar-refractivity contribution is 0.0627. The van der Waals surface area contributed by atoms with Crippen LogP contribution in [0.25, 0.3) is 0 Å². The quantitative estimate of drug-likeness (QED) is 0.927. The molecule has 0 bridgehead atoms. The maximum absolute atomic E-state index is 12.2. The smallest absolute Gasteiger partial charge is 0.257 e. The van der Waals surface area contributed by atoms with Crippen molar-refractivity contribution in [3.63, 3.8) is 0 Å². The minimum absolute atomic E-state index is 0.0605. The molecule has 0 aromatic carbocycles. The van der Waals surface area contributed by atoms with Crippen LogP contribution < -0.4 is 0 Å². The van der Waals surface area contributed by atoms with Gasteiger partial charge in [-0.25, -0.2) is 4.98 Å². The molecule has 2 aromatic heterocycles. The van der Waals surface area contributed by atoms with Gasteiger partial charge in [-0.3, -0.25) is 14.8 Å². The maximum Gasteiger partial charge on any atom is 0.257 e. The third-order valence-corrected chi connectivity index (χ3v) is 4.73. The second kappa shape index (κ2) is 6.36. The second-order valence-corrected chi connectivity index (χ2v) is 6.08. The van der Waals surface area contributed by atoms with E-state index in [1.165, 1.54) is 5.01 Å². The summed E-state index contributed by atoms with van der Waals surface area (Å²) in [4.78, 5) is 21.0. The highest BCUT2D eigenvalue weighted by molar-refractivity contribution is 7.09. The molecule has 0 saturated carbocycles. The molecule has 1 aliphatic heterocycles. The van der Waals surface area contributed by atoms with E-state index in [0.29, 0.717) is 5.56 Å². The van der Waals surface area contributed by atoms with Gasteiger partial charge in [-0.05, 0) is 6.42 Å². The van der Waals surface area contributed by atoms with Crippen molar-refractivity contribution in [3.05, 3.63) is 34.0 Å². The van der Waals surface area contributed by atoms with Gasteiger partial charge in [0, 0.05) is 44.3 Å². The van der Waals surface area contributed by atoms with Gasteiger partial charge in [0.15, 0.2) is 0 Å². The van der Waals surface area contributed by atoms with Crippen molar-refractivity contribution in [1.82, 2.24) is 25.0 Å². The number of thiazole rings is 1. The molecule has 1 N–H and O–H groups in total. The first-order chi connectivity index (χ1) is 10.3. The number of hydrogen-bond donors (Lipinski definition) is 1. The summed E-state index contributed by atoms with van der Waals surface area (Å²) >= 11 is 1.73. The Morgan fingerprint density at radius 1 is 1.38 bits per heavy atom. The Balaban J connectivity index is 1.52. The van der Waals surface area contributed by atoms with Gasteiger partial charge < -0.3 is 4.90 Å². The molecule has 0 radical (unpaired) electrons. The number of aromatic nitrogens is 3. The van der Waals surface area contributed by atoms with Crippen molar-refractivity contribution in [3.8, 4) is 0 Å². The molecular weight excluding hydrogens is 286 g/mol. The van der Waals surface area contributed by atoms with Crippen LogP contribution in [0.3, 0.4) is 0 Å². The largest absolute Gasteiger partial charge is 0.336 e. The summed E-state index contributed by atoms with van der Waals surface area (Å²) in [6, 6.07) is 0. The van der Waals surface area contributed by atoms with E-state index in [4.69, 9.17) is 0 Å². The highest BCUT2D eigenvalue weighted by Crippen LogP contribution is 2.14. The van der Waals surface area contributed by atoms with Gasteiger partial charge in [0.1, 0.15) is 0 Å². The van der Waals surface area contributed by atoms with Crippen LogP contribution >= 0.6 is 11.3 Å². The highest BCUT2D eigenvalue weighted by atomic mass is 32.1. The number of amides is 1. The van der Waals surface area contributed by atoms with E-state index >= 15 is 0 Å². The zero-order valence-electron chi connectivity index (χ0n) is 12.1. The fraction of sp³-hybridized carbons (Fsp3) is 0.500. The zero-order valence-corrected chi connectivity index (χ0v) is 12.9. The molecule has 3 heterocycles. The van der Waals surface area contributed by atoms with Crippen LogP contribution in [-0.2, 0) is 13.0 Å². The molecule has 1 fully saturated rings. The number of hydrogen-bond acceptors (Lipinski definition) is 5. The Bertz CT molecular complexity index is 586. The van der Waals surface area contributed by atoms with E-state index in [1.54, 1.807) is 23.7 Å². The molecule has 6 nitrogen and oxygen atoms in total. The lowest BCUT2D eigenvalue weighted by Gasteiger charge is -2.34. The van der Waals surface area contributed by atoms with E-state index in [-0.39, 0.29) is 5.91 Å². The molecule has 1 amide bonds. The van der Waals surface area contributed by atoms with Gasteiger partial charge in [0.2, 0.25) is 0 Å². The number of nitrogens with zero attached hydrogens (tertiary/aromatic N) is 4. The average Bonchev–Trinajstić information content (AvgIpc) is 3.19. The summed E-state index contributed by atoms with van der Waals surface area (Å²) in [6.45, 7) is 6.31. The predicted molar refractivity (Wildman–Crippen MR) is 81.3 cm³/mol. The zero-order chi connectivity index (χ0) is 14.7. The van der Waals surface area contributed by atoms with Crippen LogP contribution in [0.1, 0.15) is 28.0 Å². The topological polar surface area (TPSA) is 65.1 Å². The number of aryl methyl sites for hydroxylation is 1. The average molecular weight is 305 g/mol. The highest BCUT2D eigenvalue weighted by Gasteiger charge is 2.23. The normalized spacial score (nSPS) is 16.3. The van der Waals surface area contributed by atoms with Crippen molar-refractivity contribution in [1.29, 1.82) is 0 Å². The maximum atomic E-state index is 12.2. The van der Waals surface area contributed by atoms with Crippen LogP contribution in [0, 0.1) is 0 Å². The van der Waals surface area contributed by atoms with E-state index in [1.807, 2.05) is 4.90 Å². The van der Waals surface area contributed by atoms with Gasteiger partial charge in [0.05, 0.1) is 22.5 Å². The fourth-order valence-electron chi connectivity index (χ4n) is 2.47. The number of rotatable bonds is 4. The number of piperazine rings is 1. The number of carbonyl (C=O) groups is 1. The molecule has 0 unspecified atom stereocenters. The molecule has 21 heavy (non-hydrogen) atoms. The summed E-state index contributed by atoms with van der Waals surface area (Å²) in [5.74, 6) is 0.0605. The standard InChI is InChI=1S/C14H19N5OS/c1-2-13-17-12(10-21-13)9-18-3-5-19(6-4-18)14(20)11-7-15-16-8-11/h7-8,10H,2-6,9H2,1H3,(H,15,16). The third-order valence-electron chi connectivity index (χ3n) is 3.69. The first kappa shape index (κ1) is 14.2. The monoisotopic (exact) mass is 305 g/mol. The number of aromatic amines is 1. The first-order valence-electron chi connectivity index (χ1n) is 7.20. The molecule has 0 spiro atoms. The van der Waals surface area contributed by atoms with Crippen molar-refractivity contribution in [2.75, 3.05) is 26.2 Å². The number of nitrogens with one attached hydrogen (secondary N) is 1. The Hall–Kier alpha value is -1.73. The summed E-state index contributed by atoms with van der Waals surface area (Å²) in [6.07, 6.45) is 4.23. The van der Waals surface area contributed by atoms with Crippen LogP contribution in [-0.4, -0.2) is 57.1 Å². The SMILES string of the molecule is CCc1nc(CN2CCN(C(=O)c3cn[nH]c3)CC2)cs1. The minimum atomic E-state index is 0.0605. The Kier molecular flexibility index (Phi) is 4.31. The van der Waals surface area contributed by atoms with Crippen molar-refractivity contribution in [2.45, 2.75) is 19.9 Å². The Morgan fingerprint density at radius 2 is 2.19 bits per heavy atom. The van der Waals surface area contributed by atoms with E-state index < -0.39 is 0 Å². The van der Waals surface area contributed by atoms with Crippen molar-refractivity contribution < 1.29 is 4.79 Å².